The van der Waals surface area contributed by atoms with Crippen LogP contribution in [-0.2, 0) is 0 Å². The number of nitrogens with one attached hydrogen (secondary N) is 2. The van der Waals surface area contributed by atoms with E-state index in [4.69, 9.17) is 0 Å². The molecule has 0 aliphatic carbocycles. The Balaban J connectivity index is 1.51. The lowest BCUT2D eigenvalue weighted by molar-refractivity contribution is 0.585. The molecule has 116 valence electrons. The van der Waals surface area contributed by atoms with Crippen molar-refractivity contribution >= 4 is 28.5 Å². The summed E-state index contributed by atoms with van der Waals surface area (Å²) in [5.74, 6) is 1.47. The van der Waals surface area contributed by atoms with Crippen molar-refractivity contribution in [2.24, 2.45) is 0 Å². The van der Waals surface area contributed by atoms with Gasteiger partial charge in [0.25, 0.3) is 0 Å². The maximum Gasteiger partial charge on any atom is 0.247 e. The van der Waals surface area contributed by atoms with E-state index in [1.54, 1.807) is 6.20 Å². The summed E-state index contributed by atoms with van der Waals surface area (Å²) < 4.78 is 0. The van der Waals surface area contributed by atoms with Gasteiger partial charge in [-0.1, -0.05) is 12.1 Å². The molecular weight excluding hydrogens is 290 g/mol. The van der Waals surface area contributed by atoms with E-state index >= 15 is 0 Å². The highest BCUT2D eigenvalue weighted by atomic mass is 15.2. The molecule has 0 radical (unpaired) electrons. The van der Waals surface area contributed by atoms with Crippen molar-refractivity contribution < 1.29 is 0 Å². The topological polar surface area (TPSA) is 78.9 Å². The summed E-state index contributed by atoms with van der Waals surface area (Å²) in [6.45, 7) is 3.96. The van der Waals surface area contributed by atoms with E-state index in [-0.39, 0.29) is 0 Å². The van der Waals surface area contributed by atoms with Crippen molar-refractivity contribution in [3.05, 3.63) is 42.6 Å². The summed E-state index contributed by atoms with van der Waals surface area (Å²) in [6.07, 6.45) is 1.80. The summed E-state index contributed by atoms with van der Waals surface area (Å²) >= 11 is 0. The molecule has 2 N–H and O–H groups in total. The van der Waals surface area contributed by atoms with E-state index in [2.05, 4.69) is 35.7 Å². The van der Waals surface area contributed by atoms with Crippen LogP contribution in [0.25, 0.3) is 11.0 Å². The Morgan fingerprint density at radius 2 is 1.78 bits per heavy atom. The van der Waals surface area contributed by atoms with Crippen molar-refractivity contribution in [1.82, 2.24) is 25.5 Å². The second-order valence-electron chi connectivity index (χ2n) is 5.39. The Hall–Kier alpha value is -2.80. The largest absolute Gasteiger partial charge is 0.354 e. The van der Waals surface area contributed by atoms with Gasteiger partial charge in [0.1, 0.15) is 11.3 Å². The van der Waals surface area contributed by atoms with Crippen molar-refractivity contribution in [2.45, 2.75) is 0 Å². The molecule has 1 saturated heterocycles. The zero-order valence-electron chi connectivity index (χ0n) is 12.6. The van der Waals surface area contributed by atoms with Gasteiger partial charge in [0.05, 0.1) is 17.4 Å². The van der Waals surface area contributed by atoms with Crippen LogP contribution in [0, 0.1) is 0 Å². The molecule has 1 aliphatic heterocycles. The van der Waals surface area contributed by atoms with E-state index in [0.717, 1.165) is 48.7 Å². The molecular formula is C16H17N7. The average Bonchev–Trinajstić information content (AvgIpc) is 2.63. The first kappa shape index (κ1) is 13.8. The molecule has 3 heterocycles. The molecule has 7 nitrogen and oxygen atoms in total. The molecule has 3 aromatic rings. The summed E-state index contributed by atoms with van der Waals surface area (Å²) in [7, 11) is 0. The molecule has 23 heavy (non-hydrogen) atoms. The molecule has 7 heteroatoms. The van der Waals surface area contributed by atoms with Crippen molar-refractivity contribution in [2.75, 3.05) is 36.4 Å². The predicted octanol–water partition coefficient (Wildman–Crippen LogP) is 1.57. The number of hydrogen-bond acceptors (Lipinski definition) is 7. The molecule has 0 unspecified atom stereocenters. The zero-order valence-corrected chi connectivity index (χ0v) is 12.6. The lowest BCUT2D eigenvalue weighted by Crippen LogP contribution is -2.43. The molecule has 1 aliphatic rings. The van der Waals surface area contributed by atoms with Crippen LogP contribution < -0.4 is 15.5 Å². The summed E-state index contributed by atoms with van der Waals surface area (Å²) in [5, 5.41) is 14.7. The van der Waals surface area contributed by atoms with E-state index < -0.39 is 0 Å². The second-order valence-corrected chi connectivity index (χ2v) is 5.39. The highest BCUT2D eigenvalue weighted by molar-refractivity contribution is 5.74. The first-order valence-corrected chi connectivity index (χ1v) is 7.67. The van der Waals surface area contributed by atoms with Crippen LogP contribution in [0.4, 0.5) is 17.5 Å². The lowest BCUT2D eigenvalue weighted by Gasteiger charge is -2.28. The van der Waals surface area contributed by atoms with Crippen molar-refractivity contribution in [3.8, 4) is 0 Å². The van der Waals surface area contributed by atoms with Gasteiger partial charge in [0.2, 0.25) is 5.95 Å². The Kier molecular flexibility index (Phi) is 3.69. The molecule has 0 saturated carbocycles. The molecule has 0 bridgehead atoms. The number of benzene rings is 1. The third-order valence-corrected chi connectivity index (χ3v) is 3.81. The summed E-state index contributed by atoms with van der Waals surface area (Å²) in [6, 6.07) is 11.7. The highest BCUT2D eigenvalue weighted by Gasteiger charge is 2.11. The minimum absolute atomic E-state index is 0.473. The third-order valence-electron chi connectivity index (χ3n) is 3.81. The number of rotatable bonds is 3. The van der Waals surface area contributed by atoms with Crippen molar-refractivity contribution in [3.63, 3.8) is 0 Å². The molecule has 0 spiro atoms. The van der Waals surface area contributed by atoms with Gasteiger partial charge in [-0.05, 0) is 24.3 Å². The number of aromatic nitrogens is 4. The van der Waals surface area contributed by atoms with E-state index in [0.29, 0.717) is 5.95 Å². The van der Waals surface area contributed by atoms with Crippen LogP contribution in [0.5, 0.6) is 0 Å². The van der Waals surface area contributed by atoms with Crippen LogP contribution in [0.15, 0.2) is 42.6 Å². The predicted molar refractivity (Wildman–Crippen MR) is 89.9 cm³/mol. The fourth-order valence-electron chi connectivity index (χ4n) is 2.60. The van der Waals surface area contributed by atoms with E-state index in [1.807, 2.05) is 36.4 Å². The minimum atomic E-state index is 0.473. The lowest BCUT2D eigenvalue weighted by atomic mass is 10.3. The van der Waals surface area contributed by atoms with Gasteiger partial charge in [-0.15, -0.1) is 10.2 Å². The third kappa shape index (κ3) is 3.04. The smallest absolute Gasteiger partial charge is 0.247 e. The van der Waals surface area contributed by atoms with Gasteiger partial charge in [-0.2, -0.15) is 0 Å². The Morgan fingerprint density at radius 3 is 2.57 bits per heavy atom. The Bertz CT molecular complexity index is 797. The van der Waals surface area contributed by atoms with Crippen molar-refractivity contribution in [1.29, 1.82) is 0 Å². The second kappa shape index (κ2) is 6.13. The molecule has 1 aromatic carbocycles. The molecule has 1 fully saturated rings. The quantitative estimate of drug-likeness (QED) is 0.760. The average molecular weight is 307 g/mol. The molecule has 4 rings (SSSR count). The highest BCUT2D eigenvalue weighted by Crippen LogP contribution is 2.17. The number of hydrogen-bond donors (Lipinski definition) is 2. The van der Waals surface area contributed by atoms with Crippen LogP contribution in [-0.4, -0.2) is 46.3 Å². The van der Waals surface area contributed by atoms with Gasteiger partial charge in [0, 0.05) is 26.2 Å². The first-order chi connectivity index (χ1) is 11.4. The maximum atomic E-state index is 4.52. The molecule has 0 amide bonds. The monoisotopic (exact) mass is 307 g/mol. The molecule has 0 atom stereocenters. The number of piperazine rings is 1. The number of anilines is 3. The fourth-order valence-corrected chi connectivity index (χ4v) is 2.60. The van der Waals surface area contributed by atoms with Gasteiger partial charge in [-0.3, -0.25) is 0 Å². The van der Waals surface area contributed by atoms with Gasteiger partial charge in [-0.25, -0.2) is 9.97 Å². The van der Waals surface area contributed by atoms with Crippen LogP contribution >= 0.6 is 0 Å². The van der Waals surface area contributed by atoms with Crippen LogP contribution in [0.3, 0.4) is 0 Å². The SMILES string of the molecule is c1ccc2nc(Nc3ccc(N4CCNCC4)nc3)nnc2c1. The normalized spacial score (nSPS) is 14.9. The van der Waals surface area contributed by atoms with Crippen LogP contribution in [0.1, 0.15) is 0 Å². The maximum absolute atomic E-state index is 4.52. The van der Waals surface area contributed by atoms with Gasteiger partial charge in [0.15, 0.2) is 0 Å². The van der Waals surface area contributed by atoms with Gasteiger partial charge >= 0.3 is 0 Å². The molecule has 2 aromatic heterocycles. The van der Waals surface area contributed by atoms with E-state index in [1.165, 1.54) is 0 Å². The van der Waals surface area contributed by atoms with Gasteiger partial charge < -0.3 is 15.5 Å². The number of para-hydroxylation sites is 1. The number of fused-ring (bicyclic) bond motifs is 1. The standard InChI is InChI=1S/C16H17N7/c1-2-4-14-13(3-1)20-16(22-21-14)19-12-5-6-15(18-11-12)23-9-7-17-8-10-23/h1-6,11,17H,7-10H2,(H,19,20,22). The van der Waals surface area contributed by atoms with Crippen LogP contribution in [0.2, 0.25) is 0 Å². The van der Waals surface area contributed by atoms with E-state index in [9.17, 15) is 0 Å². The summed E-state index contributed by atoms with van der Waals surface area (Å²) in [5.41, 5.74) is 2.45. The number of nitrogens with zero attached hydrogens (tertiary/aromatic N) is 5. The fraction of sp³-hybridized carbons (Fsp3) is 0.250. The number of pyridine rings is 1. The summed E-state index contributed by atoms with van der Waals surface area (Å²) in [4.78, 5) is 11.2. The Labute approximate surface area is 133 Å². The minimum Gasteiger partial charge on any atom is -0.354 e. The first-order valence-electron chi connectivity index (χ1n) is 7.67. The Morgan fingerprint density at radius 1 is 0.957 bits per heavy atom. The zero-order chi connectivity index (χ0) is 15.5.